The topological polar surface area (TPSA) is 71.2 Å². The smallest absolute Gasteiger partial charge is 0.299 e. The third-order valence-corrected chi connectivity index (χ3v) is 8.56. The van der Waals surface area contributed by atoms with Crippen LogP contribution in [0.1, 0.15) is 76.7 Å². The van der Waals surface area contributed by atoms with Crippen molar-refractivity contribution in [1.82, 2.24) is 9.55 Å². The number of hydrogen-bond donors (Lipinski definition) is 0. The molecule has 0 aliphatic carbocycles. The van der Waals surface area contributed by atoms with Crippen LogP contribution in [0.4, 0.5) is 17.1 Å². The van der Waals surface area contributed by atoms with Crippen molar-refractivity contribution in [2.45, 2.75) is 77.7 Å². The van der Waals surface area contributed by atoms with Crippen LogP contribution < -0.4 is 4.90 Å². The van der Waals surface area contributed by atoms with Gasteiger partial charge in [0.2, 0.25) is 5.76 Å². The van der Waals surface area contributed by atoms with Crippen molar-refractivity contribution in [3.63, 3.8) is 0 Å². The summed E-state index contributed by atoms with van der Waals surface area (Å²) in [5, 5.41) is 10.5. The minimum absolute atomic E-state index is 0.0466. The summed E-state index contributed by atoms with van der Waals surface area (Å²) in [6, 6.07) is 33.3. The quantitative estimate of drug-likeness (QED) is 0.0420. The molecule has 6 heteroatoms. The molecule has 0 N–H and O–H groups in total. The van der Waals surface area contributed by atoms with Crippen molar-refractivity contribution < 1.29 is 9.53 Å². The van der Waals surface area contributed by atoms with Crippen LogP contribution in [0.15, 0.2) is 109 Å². The fraction of sp³-hybridized carbons (Fsp3) is 0.293. The van der Waals surface area contributed by atoms with Gasteiger partial charge in [-0.25, -0.2) is 4.98 Å². The maximum absolute atomic E-state index is 11.0. The summed E-state index contributed by atoms with van der Waals surface area (Å²) in [5.74, 6) is -0.0466. The van der Waals surface area contributed by atoms with E-state index in [0.29, 0.717) is 0 Å². The van der Waals surface area contributed by atoms with Gasteiger partial charge in [-0.15, -0.1) is 0 Å². The van der Waals surface area contributed by atoms with E-state index in [4.69, 9.17) is 9.72 Å². The third-order valence-electron chi connectivity index (χ3n) is 8.56. The number of anilines is 3. The number of aryl methyl sites for hydroxylation is 1. The van der Waals surface area contributed by atoms with Crippen LogP contribution in [-0.2, 0) is 16.1 Å². The first kappa shape index (κ1) is 33.2. The number of unbranched alkanes of at least 4 members (excludes halogenated alkanes) is 9. The molecule has 5 aromatic rings. The van der Waals surface area contributed by atoms with E-state index in [-0.39, 0.29) is 12.2 Å². The van der Waals surface area contributed by atoms with Crippen molar-refractivity contribution in [3.05, 3.63) is 115 Å². The minimum Gasteiger partial charge on any atom is -0.417 e. The number of carbonyl (C=O) groups is 1. The zero-order valence-corrected chi connectivity index (χ0v) is 27.4. The number of carbonyl (C=O) groups excluding carboxylic acids is 1. The van der Waals surface area contributed by atoms with Gasteiger partial charge in [-0.05, 0) is 54.4 Å². The highest BCUT2D eigenvalue weighted by atomic mass is 16.5. The number of nitriles is 1. The molecule has 5 rings (SSSR count). The Balaban J connectivity index is 1.36. The average Bonchev–Trinajstić information content (AvgIpc) is 3.46. The van der Waals surface area contributed by atoms with Crippen LogP contribution in [0.5, 0.6) is 0 Å². The first-order valence-electron chi connectivity index (χ1n) is 16.9. The lowest BCUT2D eigenvalue weighted by molar-refractivity contribution is -0.124. The van der Waals surface area contributed by atoms with Gasteiger partial charge >= 0.3 is 0 Å². The molecule has 0 radical (unpaired) electrons. The van der Waals surface area contributed by atoms with E-state index in [0.717, 1.165) is 57.8 Å². The Labute approximate surface area is 279 Å². The largest absolute Gasteiger partial charge is 0.417 e. The number of allylic oxidation sites excluding steroid dienone is 1. The molecule has 0 unspecified atom stereocenters. The van der Waals surface area contributed by atoms with Gasteiger partial charge in [0.05, 0.1) is 0 Å². The molecule has 2 heterocycles. The van der Waals surface area contributed by atoms with Crippen LogP contribution >= 0.6 is 0 Å². The Bertz CT molecular complexity index is 1730. The molecule has 0 saturated carbocycles. The molecule has 47 heavy (non-hydrogen) atoms. The first-order valence-corrected chi connectivity index (χ1v) is 16.9. The fourth-order valence-corrected chi connectivity index (χ4v) is 6.10. The summed E-state index contributed by atoms with van der Waals surface area (Å²) in [5.41, 5.74) is 6.88. The Morgan fingerprint density at radius 3 is 1.94 bits per heavy atom. The number of pyridine rings is 1. The first-order chi connectivity index (χ1) is 23.2. The molecule has 0 amide bonds. The molecule has 0 aliphatic rings. The molecule has 0 bridgehead atoms. The number of fused-ring (bicyclic) bond motifs is 1. The fourth-order valence-electron chi connectivity index (χ4n) is 6.10. The van der Waals surface area contributed by atoms with Gasteiger partial charge in [-0.2, -0.15) is 5.26 Å². The van der Waals surface area contributed by atoms with Crippen molar-refractivity contribution in [1.29, 1.82) is 5.26 Å². The summed E-state index contributed by atoms with van der Waals surface area (Å²) >= 11 is 0. The third kappa shape index (κ3) is 8.98. The Kier molecular flexibility index (Phi) is 12.4. The lowest BCUT2D eigenvalue weighted by atomic mass is 10.0. The van der Waals surface area contributed by atoms with Gasteiger partial charge in [0.1, 0.15) is 11.7 Å². The lowest BCUT2D eigenvalue weighted by Crippen LogP contribution is -2.09. The molecular formula is C41H44N4O2. The average molecular weight is 625 g/mol. The minimum atomic E-state index is -0.0466. The molecular weight excluding hydrogens is 580 g/mol. The standard InChI is InChI=1S/C41H44N4O2/c1-2-3-4-5-6-7-8-9-10-17-26-44-31-35(27-39(29-42)47-32-46)40-28-34(30-43-41(40)44)33-22-24-38(25-23-33)45(36-18-13-11-14-19-36)37-20-15-12-16-21-37/h11-16,18-25,27-28,30-32H,2-10,17,26H2,1H3/b39-27-. The van der Waals surface area contributed by atoms with E-state index in [1.54, 1.807) is 6.08 Å². The molecule has 240 valence electrons. The van der Waals surface area contributed by atoms with Gasteiger partial charge in [0.15, 0.2) is 0 Å². The van der Waals surface area contributed by atoms with Crippen molar-refractivity contribution in [3.8, 4) is 17.2 Å². The maximum Gasteiger partial charge on any atom is 0.299 e. The Morgan fingerprint density at radius 2 is 1.36 bits per heavy atom. The maximum atomic E-state index is 11.0. The van der Waals surface area contributed by atoms with E-state index in [9.17, 15) is 10.1 Å². The predicted molar refractivity (Wildman–Crippen MR) is 192 cm³/mol. The summed E-state index contributed by atoms with van der Waals surface area (Å²) in [7, 11) is 0. The highest BCUT2D eigenvalue weighted by molar-refractivity contribution is 5.91. The van der Waals surface area contributed by atoms with Gasteiger partial charge in [-0.3, -0.25) is 4.79 Å². The van der Waals surface area contributed by atoms with Gasteiger partial charge < -0.3 is 14.2 Å². The number of benzene rings is 3. The highest BCUT2D eigenvalue weighted by Gasteiger charge is 2.14. The van der Waals surface area contributed by atoms with E-state index in [1.165, 1.54) is 57.8 Å². The van der Waals surface area contributed by atoms with Crippen LogP contribution in [0, 0.1) is 11.3 Å². The van der Waals surface area contributed by atoms with E-state index in [1.807, 2.05) is 54.9 Å². The molecule has 3 aromatic carbocycles. The predicted octanol–water partition coefficient (Wildman–Crippen LogP) is 11.1. The van der Waals surface area contributed by atoms with Crippen LogP contribution in [0.3, 0.4) is 0 Å². The van der Waals surface area contributed by atoms with Crippen LogP contribution in [-0.4, -0.2) is 16.0 Å². The molecule has 0 atom stereocenters. The molecule has 0 saturated heterocycles. The zero-order valence-electron chi connectivity index (χ0n) is 27.4. The summed E-state index contributed by atoms with van der Waals surface area (Å²) in [6.07, 6.45) is 18.3. The second-order valence-corrected chi connectivity index (χ2v) is 11.9. The number of nitrogens with zero attached hydrogens (tertiary/aromatic N) is 4. The van der Waals surface area contributed by atoms with Crippen molar-refractivity contribution in [2.24, 2.45) is 0 Å². The summed E-state index contributed by atoms with van der Waals surface area (Å²) < 4.78 is 7.09. The van der Waals surface area contributed by atoms with Crippen LogP contribution in [0.25, 0.3) is 28.2 Å². The number of ether oxygens (including phenoxy) is 1. The number of aromatic nitrogens is 2. The molecule has 0 spiro atoms. The normalized spacial score (nSPS) is 11.4. The Hall–Kier alpha value is -5.15. The number of hydrogen-bond acceptors (Lipinski definition) is 5. The summed E-state index contributed by atoms with van der Waals surface area (Å²) in [4.78, 5) is 18.1. The number of para-hydroxylation sites is 2. The van der Waals surface area contributed by atoms with E-state index >= 15 is 0 Å². The second-order valence-electron chi connectivity index (χ2n) is 11.9. The highest BCUT2D eigenvalue weighted by Crippen LogP contribution is 2.36. The molecule has 6 nitrogen and oxygen atoms in total. The van der Waals surface area contributed by atoms with Crippen molar-refractivity contribution in [2.75, 3.05) is 4.90 Å². The van der Waals surface area contributed by atoms with E-state index < -0.39 is 0 Å². The summed E-state index contributed by atoms with van der Waals surface area (Å²) in [6.45, 7) is 3.39. The van der Waals surface area contributed by atoms with Crippen LogP contribution in [0.2, 0.25) is 0 Å². The monoisotopic (exact) mass is 624 g/mol. The van der Waals surface area contributed by atoms with Crippen molar-refractivity contribution >= 4 is 40.6 Å². The molecule has 0 fully saturated rings. The molecule has 2 aromatic heterocycles. The second kappa shape index (κ2) is 17.5. The Morgan fingerprint density at radius 1 is 0.787 bits per heavy atom. The SMILES string of the molecule is CCCCCCCCCCCCn1cc(/C=C(/C#N)OC=O)c2cc(-c3ccc(N(c4ccccc4)c4ccccc4)cc3)cnc21. The van der Waals surface area contributed by atoms with Gasteiger partial charge in [0, 0.05) is 58.6 Å². The zero-order chi connectivity index (χ0) is 32.7. The lowest BCUT2D eigenvalue weighted by Gasteiger charge is -2.25. The van der Waals surface area contributed by atoms with E-state index in [2.05, 4.69) is 71.0 Å². The van der Waals surface area contributed by atoms with Gasteiger partial charge in [0.25, 0.3) is 6.47 Å². The van der Waals surface area contributed by atoms with Gasteiger partial charge in [-0.1, -0.05) is 113 Å². The molecule has 0 aliphatic heterocycles. The number of rotatable bonds is 18.